The number of aromatic nitrogens is 2. The summed E-state index contributed by atoms with van der Waals surface area (Å²) in [5, 5.41) is 8.46. The molecule has 0 spiro atoms. The van der Waals surface area contributed by atoms with Gasteiger partial charge in [0.25, 0.3) is 0 Å². The van der Waals surface area contributed by atoms with E-state index >= 15 is 0 Å². The summed E-state index contributed by atoms with van der Waals surface area (Å²) in [6.07, 6.45) is 1.01. The summed E-state index contributed by atoms with van der Waals surface area (Å²) in [4.78, 5) is 0. The maximum Gasteiger partial charge on any atom is 0.133 e. The Bertz CT molecular complexity index is 1080. The Morgan fingerprint density at radius 3 is 2.19 bits per heavy atom. The van der Waals surface area contributed by atoms with Crippen molar-refractivity contribution in [2.45, 2.75) is 6.42 Å². The third-order valence-corrected chi connectivity index (χ3v) is 5.71. The van der Waals surface area contributed by atoms with Crippen molar-refractivity contribution in [2.75, 3.05) is 11.9 Å². The average Bonchev–Trinajstić information content (AvgIpc) is 3.33. The first-order valence-corrected chi connectivity index (χ1v) is 10.1. The summed E-state index contributed by atoms with van der Waals surface area (Å²) in [6, 6.07) is 27.7. The van der Waals surface area contributed by atoms with Crippen molar-refractivity contribution in [2.24, 2.45) is 0 Å². The molecule has 0 saturated carbocycles. The van der Waals surface area contributed by atoms with Gasteiger partial charge in [-0.15, -0.1) is 0 Å². The Balaban J connectivity index is 1.56. The lowest BCUT2D eigenvalue weighted by Crippen LogP contribution is -2.04. The third-order valence-electron chi connectivity index (χ3n) is 4.99. The Kier molecular flexibility index (Phi) is 4.20. The minimum Gasteiger partial charge on any atom is -0.369 e. The normalized spacial score (nSPS) is 12.6. The fourth-order valence-corrected chi connectivity index (χ4v) is 3.99. The van der Waals surface area contributed by atoms with Crippen LogP contribution in [0.2, 0.25) is 0 Å². The minimum atomic E-state index is 0.965. The second kappa shape index (κ2) is 6.85. The molecule has 5 rings (SSSR count). The van der Waals surface area contributed by atoms with E-state index in [1.54, 1.807) is 0 Å². The van der Waals surface area contributed by atoms with Crippen LogP contribution in [-0.2, 0) is 6.42 Å². The molecule has 3 aromatic carbocycles. The zero-order chi connectivity index (χ0) is 18.2. The molecule has 0 bridgehead atoms. The molecule has 0 radical (unpaired) electrons. The number of hydrogen-bond acceptors (Lipinski definition) is 2. The monoisotopic (exact) mass is 463 g/mol. The SMILES string of the molecule is Ic1ccc(-n2nc(-c3ccc(-c4ccccc4)cc3)c3c2NCC3)cc1. The van der Waals surface area contributed by atoms with Crippen LogP contribution in [0.3, 0.4) is 0 Å². The standard InChI is InChI=1S/C23H18IN3/c24-19-10-12-20(13-11-19)27-23-21(14-15-25-23)22(26-27)18-8-6-17(7-9-18)16-4-2-1-3-5-16/h1-13,25H,14-15H2. The Morgan fingerprint density at radius 2 is 1.44 bits per heavy atom. The van der Waals surface area contributed by atoms with Gasteiger partial charge in [-0.25, -0.2) is 4.68 Å². The van der Waals surface area contributed by atoms with Gasteiger partial charge in [0.1, 0.15) is 5.82 Å². The zero-order valence-electron chi connectivity index (χ0n) is 14.7. The van der Waals surface area contributed by atoms with Crippen LogP contribution >= 0.6 is 22.6 Å². The number of halogens is 1. The highest BCUT2D eigenvalue weighted by atomic mass is 127. The summed E-state index contributed by atoms with van der Waals surface area (Å²) in [5.41, 5.74) is 7.10. The second-order valence-corrected chi connectivity index (χ2v) is 7.93. The molecule has 0 saturated heterocycles. The van der Waals surface area contributed by atoms with Gasteiger partial charge in [-0.05, 0) is 64.4 Å². The number of hydrogen-bond donors (Lipinski definition) is 1. The van der Waals surface area contributed by atoms with Gasteiger partial charge in [-0.3, -0.25) is 0 Å². The smallest absolute Gasteiger partial charge is 0.133 e. The average molecular weight is 463 g/mol. The Morgan fingerprint density at radius 1 is 0.778 bits per heavy atom. The van der Waals surface area contributed by atoms with Crippen molar-refractivity contribution < 1.29 is 0 Å². The molecule has 0 amide bonds. The van der Waals surface area contributed by atoms with Crippen LogP contribution in [0, 0.1) is 3.57 Å². The molecule has 1 aliphatic heterocycles. The summed E-state index contributed by atoms with van der Waals surface area (Å²) in [7, 11) is 0. The Labute approximate surface area is 172 Å². The van der Waals surface area contributed by atoms with Crippen molar-refractivity contribution >= 4 is 28.4 Å². The van der Waals surface area contributed by atoms with Crippen molar-refractivity contribution in [1.82, 2.24) is 9.78 Å². The van der Waals surface area contributed by atoms with Crippen LogP contribution in [-0.4, -0.2) is 16.3 Å². The molecule has 0 fully saturated rings. The molecule has 0 unspecified atom stereocenters. The van der Waals surface area contributed by atoms with Crippen LogP contribution in [0.4, 0.5) is 5.82 Å². The van der Waals surface area contributed by atoms with E-state index in [1.807, 2.05) is 10.7 Å². The van der Waals surface area contributed by atoms with E-state index in [4.69, 9.17) is 5.10 Å². The molecular weight excluding hydrogens is 445 g/mol. The van der Waals surface area contributed by atoms with Gasteiger partial charge < -0.3 is 5.32 Å². The molecule has 2 heterocycles. The van der Waals surface area contributed by atoms with Crippen molar-refractivity contribution in [3.63, 3.8) is 0 Å². The lowest BCUT2D eigenvalue weighted by Gasteiger charge is -2.06. The lowest BCUT2D eigenvalue weighted by atomic mass is 10.0. The molecule has 1 N–H and O–H groups in total. The van der Waals surface area contributed by atoms with Crippen LogP contribution in [0.5, 0.6) is 0 Å². The van der Waals surface area contributed by atoms with Gasteiger partial charge in [-0.1, -0.05) is 54.6 Å². The summed E-state index contributed by atoms with van der Waals surface area (Å²) in [6.45, 7) is 0.965. The van der Waals surface area contributed by atoms with Crippen molar-refractivity contribution in [3.05, 3.63) is 88.0 Å². The maximum absolute atomic E-state index is 4.96. The molecule has 1 aliphatic rings. The molecule has 27 heavy (non-hydrogen) atoms. The molecule has 4 aromatic rings. The molecule has 1 aromatic heterocycles. The second-order valence-electron chi connectivity index (χ2n) is 6.68. The summed E-state index contributed by atoms with van der Waals surface area (Å²) >= 11 is 2.33. The highest BCUT2D eigenvalue weighted by Crippen LogP contribution is 2.35. The topological polar surface area (TPSA) is 29.9 Å². The largest absolute Gasteiger partial charge is 0.369 e. The van der Waals surface area contributed by atoms with Crippen molar-refractivity contribution in [1.29, 1.82) is 0 Å². The van der Waals surface area contributed by atoms with E-state index in [0.29, 0.717) is 0 Å². The van der Waals surface area contributed by atoms with E-state index in [1.165, 1.54) is 25.8 Å². The molecule has 132 valence electrons. The molecule has 0 aliphatic carbocycles. The predicted octanol–water partition coefficient (Wildman–Crippen LogP) is 5.78. The number of nitrogens with one attached hydrogen (secondary N) is 1. The van der Waals surface area contributed by atoms with E-state index in [-0.39, 0.29) is 0 Å². The van der Waals surface area contributed by atoms with Gasteiger partial charge in [-0.2, -0.15) is 5.10 Å². The summed E-state index contributed by atoms with van der Waals surface area (Å²) < 4.78 is 3.27. The van der Waals surface area contributed by atoms with Gasteiger partial charge in [0.15, 0.2) is 0 Å². The fraction of sp³-hybridized carbons (Fsp3) is 0.0870. The number of rotatable bonds is 3. The number of nitrogens with zero attached hydrogens (tertiary/aromatic N) is 2. The summed E-state index contributed by atoms with van der Waals surface area (Å²) in [5.74, 6) is 1.12. The van der Waals surface area contributed by atoms with Gasteiger partial charge >= 0.3 is 0 Å². The first-order valence-electron chi connectivity index (χ1n) is 9.07. The Hall–Kier alpha value is -2.60. The van der Waals surface area contributed by atoms with Crippen LogP contribution in [0.1, 0.15) is 5.56 Å². The van der Waals surface area contributed by atoms with Crippen LogP contribution in [0.25, 0.3) is 28.1 Å². The highest BCUT2D eigenvalue weighted by molar-refractivity contribution is 14.1. The molecule has 0 atom stereocenters. The van der Waals surface area contributed by atoms with Gasteiger partial charge in [0.05, 0.1) is 11.4 Å². The molecule has 4 heteroatoms. The zero-order valence-corrected chi connectivity index (χ0v) is 16.8. The number of fused-ring (bicyclic) bond motifs is 1. The quantitative estimate of drug-likeness (QED) is 0.391. The van der Waals surface area contributed by atoms with E-state index in [2.05, 4.69) is 101 Å². The first kappa shape index (κ1) is 16.6. The minimum absolute atomic E-state index is 0.965. The van der Waals surface area contributed by atoms with E-state index in [0.717, 1.165) is 30.2 Å². The first-order chi connectivity index (χ1) is 13.3. The van der Waals surface area contributed by atoms with E-state index in [9.17, 15) is 0 Å². The highest BCUT2D eigenvalue weighted by Gasteiger charge is 2.23. The third kappa shape index (κ3) is 3.04. The lowest BCUT2D eigenvalue weighted by molar-refractivity contribution is 0.882. The molecule has 3 nitrogen and oxygen atoms in total. The maximum atomic E-state index is 4.96. The molecular formula is C23H18IN3. The van der Waals surface area contributed by atoms with E-state index < -0.39 is 0 Å². The van der Waals surface area contributed by atoms with Crippen LogP contribution in [0.15, 0.2) is 78.9 Å². The van der Waals surface area contributed by atoms with Crippen LogP contribution < -0.4 is 5.32 Å². The fourth-order valence-electron chi connectivity index (χ4n) is 3.63. The van der Waals surface area contributed by atoms with Gasteiger partial charge in [0.2, 0.25) is 0 Å². The van der Waals surface area contributed by atoms with Gasteiger partial charge in [0, 0.05) is 21.2 Å². The number of anilines is 1. The number of benzene rings is 3. The van der Waals surface area contributed by atoms with Crippen molar-refractivity contribution in [3.8, 4) is 28.1 Å². The predicted molar refractivity (Wildman–Crippen MR) is 119 cm³/mol.